The van der Waals surface area contributed by atoms with Gasteiger partial charge >= 0.3 is 0 Å². The number of quaternary nitrogens is 1. The van der Waals surface area contributed by atoms with Gasteiger partial charge in [0, 0.05) is 12.6 Å². The van der Waals surface area contributed by atoms with Gasteiger partial charge in [-0.25, -0.2) is 4.99 Å². The van der Waals surface area contributed by atoms with Gasteiger partial charge in [0.1, 0.15) is 0 Å². The molecule has 0 radical (unpaired) electrons. The molecule has 0 fully saturated rings. The molecule has 0 aromatic heterocycles. The molecular weight excluding hydrogens is 100 g/mol. The Labute approximate surface area is 50.3 Å². The molecule has 0 saturated carbocycles. The molecule has 0 aliphatic rings. The van der Waals surface area contributed by atoms with Crippen LogP contribution >= 0.6 is 0 Å². The largest absolute Gasteiger partial charge is 0.304 e. The van der Waals surface area contributed by atoms with Gasteiger partial charge in [0.15, 0.2) is 5.84 Å². The van der Waals surface area contributed by atoms with Gasteiger partial charge in [-0.15, -0.1) is 0 Å². The molecule has 0 amide bonds. The molecule has 0 saturated heterocycles. The molecule has 0 heterocycles. The van der Waals surface area contributed by atoms with Crippen LogP contribution in [-0.4, -0.2) is 12.9 Å². The third-order valence-corrected chi connectivity index (χ3v) is 0.785. The maximum absolute atomic E-state index is 4.06. The standard InChI is InChI=1S/C6H12N2/c1-5(2)8-6(3)7-4/h1H2,2-4H3,(H,7,8)/p+1. The average molecular weight is 113 g/mol. The summed E-state index contributed by atoms with van der Waals surface area (Å²) in [6.45, 7) is 7.47. The highest BCUT2D eigenvalue weighted by Crippen LogP contribution is 1.84. The number of aliphatic imine (C=N–C) groups is 1. The molecule has 8 heavy (non-hydrogen) atoms. The Morgan fingerprint density at radius 2 is 2.00 bits per heavy atom. The van der Waals surface area contributed by atoms with Crippen LogP contribution in [0.4, 0.5) is 0 Å². The number of amidine groups is 1. The normalized spacial score (nSPS) is 11.6. The van der Waals surface area contributed by atoms with E-state index >= 15 is 0 Å². The highest BCUT2D eigenvalue weighted by Gasteiger charge is 1.85. The lowest BCUT2D eigenvalue weighted by Gasteiger charge is -1.89. The van der Waals surface area contributed by atoms with E-state index in [-0.39, 0.29) is 0 Å². The minimum Gasteiger partial charge on any atom is -0.304 e. The van der Waals surface area contributed by atoms with Crippen molar-refractivity contribution in [3.05, 3.63) is 12.3 Å². The van der Waals surface area contributed by atoms with Crippen LogP contribution in [0.15, 0.2) is 17.3 Å². The minimum absolute atomic E-state index is 0.862. The van der Waals surface area contributed by atoms with E-state index in [1.807, 2.05) is 26.2 Å². The van der Waals surface area contributed by atoms with Gasteiger partial charge in [0.2, 0.25) is 0 Å². The molecule has 0 rings (SSSR count). The Morgan fingerprint density at radius 3 is 2.12 bits per heavy atom. The first-order valence-corrected chi connectivity index (χ1v) is 2.67. The van der Waals surface area contributed by atoms with Gasteiger partial charge in [-0.05, 0) is 6.92 Å². The highest BCUT2D eigenvalue weighted by atomic mass is 15.0. The fourth-order valence-electron chi connectivity index (χ4n) is 0.366. The summed E-state index contributed by atoms with van der Waals surface area (Å²) in [5.41, 5.74) is 0.862. The van der Waals surface area contributed by atoms with Crippen LogP contribution in [0.3, 0.4) is 0 Å². The second kappa shape index (κ2) is 3.38. The molecule has 0 spiro atoms. The van der Waals surface area contributed by atoms with Gasteiger partial charge in [0.05, 0.1) is 7.05 Å². The summed E-state index contributed by atoms with van der Waals surface area (Å²) in [4.78, 5) is 4.06. The van der Waals surface area contributed by atoms with Gasteiger partial charge < -0.3 is 5.32 Å². The summed E-state index contributed by atoms with van der Waals surface area (Å²) in [7, 11) is 1.96. The van der Waals surface area contributed by atoms with Crippen LogP contribution in [0.2, 0.25) is 0 Å². The molecule has 0 unspecified atom stereocenters. The van der Waals surface area contributed by atoms with Gasteiger partial charge in [-0.3, -0.25) is 0 Å². The summed E-state index contributed by atoms with van der Waals surface area (Å²) < 4.78 is 0. The smallest absolute Gasteiger partial charge is 0.196 e. The molecule has 0 aliphatic heterocycles. The van der Waals surface area contributed by atoms with Crippen molar-refractivity contribution in [2.24, 2.45) is 4.99 Å². The van der Waals surface area contributed by atoms with Crippen molar-refractivity contribution in [1.82, 2.24) is 0 Å². The van der Waals surface area contributed by atoms with Crippen LogP contribution in [0, 0.1) is 0 Å². The van der Waals surface area contributed by atoms with Crippen LogP contribution < -0.4 is 5.32 Å². The molecule has 0 aromatic rings. The lowest BCUT2D eigenvalue weighted by atomic mass is 10.5. The zero-order chi connectivity index (χ0) is 6.57. The van der Waals surface area contributed by atoms with Crippen LogP contribution in [0.1, 0.15) is 13.8 Å². The number of allylic oxidation sites excluding steroid dienone is 1. The first-order valence-electron chi connectivity index (χ1n) is 2.67. The van der Waals surface area contributed by atoms with Gasteiger partial charge in [0.25, 0.3) is 0 Å². The van der Waals surface area contributed by atoms with Crippen molar-refractivity contribution < 1.29 is 5.32 Å². The van der Waals surface area contributed by atoms with Crippen LogP contribution in [0.5, 0.6) is 0 Å². The van der Waals surface area contributed by atoms with Crippen LogP contribution in [0.25, 0.3) is 0 Å². The predicted molar refractivity (Wildman–Crippen MR) is 35.8 cm³/mol. The van der Waals surface area contributed by atoms with E-state index in [4.69, 9.17) is 0 Å². The fraction of sp³-hybridized carbons (Fsp3) is 0.500. The number of hydrogen-bond donors (Lipinski definition) is 1. The second-order valence-electron chi connectivity index (χ2n) is 1.78. The van der Waals surface area contributed by atoms with Crippen molar-refractivity contribution in [2.75, 3.05) is 7.05 Å². The van der Waals surface area contributed by atoms with E-state index in [1.165, 1.54) is 0 Å². The molecular formula is C6H13N2+. The van der Waals surface area contributed by atoms with E-state index < -0.39 is 0 Å². The lowest BCUT2D eigenvalue weighted by molar-refractivity contribution is -0.507. The molecule has 2 heteroatoms. The Morgan fingerprint density at radius 1 is 1.50 bits per heavy atom. The molecule has 46 valence electrons. The average Bonchev–Trinajstić information content (AvgIpc) is 1.65. The summed E-state index contributed by atoms with van der Waals surface area (Å²) in [5, 5.41) is 1.95. The SMILES string of the molecule is C=C(C)N=C(C)[NH2+]C. The number of nitrogens with two attached hydrogens (primary N) is 1. The van der Waals surface area contributed by atoms with E-state index in [0.717, 1.165) is 11.5 Å². The fourth-order valence-corrected chi connectivity index (χ4v) is 0.366. The summed E-state index contributed by atoms with van der Waals surface area (Å²) in [6.07, 6.45) is 0. The lowest BCUT2D eigenvalue weighted by Crippen LogP contribution is -2.83. The Bertz CT molecular complexity index is 114. The maximum atomic E-state index is 4.06. The van der Waals surface area contributed by atoms with Gasteiger partial charge in [-0.2, -0.15) is 0 Å². The van der Waals surface area contributed by atoms with E-state index in [1.54, 1.807) is 0 Å². The van der Waals surface area contributed by atoms with Crippen molar-refractivity contribution in [1.29, 1.82) is 0 Å². The molecule has 2 nitrogen and oxygen atoms in total. The zero-order valence-electron chi connectivity index (χ0n) is 5.73. The zero-order valence-corrected chi connectivity index (χ0v) is 5.73. The quantitative estimate of drug-likeness (QED) is 0.370. The van der Waals surface area contributed by atoms with Gasteiger partial charge in [-0.1, -0.05) is 6.58 Å². The van der Waals surface area contributed by atoms with E-state index in [9.17, 15) is 0 Å². The second-order valence-corrected chi connectivity index (χ2v) is 1.78. The predicted octanol–water partition coefficient (Wildman–Crippen LogP) is 0.132. The summed E-state index contributed by atoms with van der Waals surface area (Å²) >= 11 is 0. The first-order chi connectivity index (χ1) is 3.66. The topological polar surface area (TPSA) is 29.0 Å². The minimum atomic E-state index is 0.862. The molecule has 0 bridgehead atoms. The maximum Gasteiger partial charge on any atom is 0.196 e. The molecule has 2 N–H and O–H groups in total. The summed E-state index contributed by atoms with van der Waals surface area (Å²) in [5.74, 6) is 1.03. The first kappa shape index (κ1) is 7.37. The summed E-state index contributed by atoms with van der Waals surface area (Å²) in [6, 6.07) is 0. The Kier molecular flexibility index (Phi) is 3.12. The van der Waals surface area contributed by atoms with E-state index in [0.29, 0.717) is 0 Å². The Balaban J connectivity index is 3.75. The third-order valence-electron chi connectivity index (χ3n) is 0.785. The van der Waals surface area contributed by atoms with Crippen molar-refractivity contribution >= 4 is 5.84 Å². The van der Waals surface area contributed by atoms with Crippen molar-refractivity contribution in [3.63, 3.8) is 0 Å². The Hall–Kier alpha value is -0.630. The third kappa shape index (κ3) is 3.56. The van der Waals surface area contributed by atoms with Crippen LogP contribution in [-0.2, 0) is 0 Å². The molecule has 0 aromatic carbocycles. The molecule has 0 aliphatic carbocycles. The number of nitrogens with zero attached hydrogens (tertiary/aromatic N) is 1. The monoisotopic (exact) mass is 113 g/mol. The molecule has 0 atom stereocenters. The number of rotatable bonds is 1. The highest BCUT2D eigenvalue weighted by molar-refractivity contribution is 5.70. The number of hydrogen-bond acceptors (Lipinski definition) is 1. The van der Waals surface area contributed by atoms with Crippen molar-refractivity contribution in [2.45, 2.75) is 13.8 Å². The van der Waals surface area contributed by atoms with Crippen molar-refractivity contribution in [3.8, 4) is 0 Å². The van der Waals surface area contributed by atoms with E-state index in [2.05, 4.69) is 11.6 Å².